The number of pyridine rings is 1. The van der Waals surface area contributed by atoms with Crippen LogP contribution < -0.4 is 5.73 Å². The smallest absolute Gasteiger partial charge is 0.184 e. The molecule has 0 aliphatic carbocycles. The highest BCUT2D eigenvalue weighted by molar-refractivity contribution is 6.12. The summed E-state index contributed by atoms with van der Waals surface area (Å²) in [6.07, 6.45) is 4.51. The van der Waals surface area contributed by atoms with Crippen LogP contribution in [0.1, 0.15) is 23.2 Å². The number of ether oxygens (including phenoxy) is 1. The van der Waals surface area contributed by atoms with Gasteiger partial charge in [0.25, 0.3) is 0 Å². The van der Waals surface area contributed by atoms with Gasteiger partial charge in [-0.15, -0.1) is 0 Å². The van der Waals surface area contributed by atoms with Gasteiger partial charge in [-0.1, -0.05) is 24.3 Å². The molecule has 2 heterocycles. The molecule has 0 saturated carbocycles. The summed E-state index contributed by atoms with van der Waals surface area (Å²) in [6, 6.07) is 7.75. The predicted octanol–water partition coefficient (Wildman–Crippen LogP) is 1.93. The first-order chi connectivity index (χ1) is 9.21. The Labute approximate surface area is 111 Å². The number of fused-ring (bicyclic) bond motifs is 1. The molecule has 3 rings (SSSR count). The van der Waals surface area contributed by atoms with Crippen molar-refractivity contribution in [2.24, 2.45) is 5.73 Å². The van der Waals surface area contributed by atoms with E-state index in [0.717, 1.165) is 10.8 Å². The molecule has 1 fully saturated rings. The molecule has 1 aromatic carbocycles. The number of Topliss-reactive ketones (excluding diaryl/α,β-unsaturated/α-hetero) is 1. The van der Waals surface area contributed by atoms with Crippen LogP contribution in [-0.2, 0) is 4.74 Å². The molecular weight excluding hydrogens is 240 g/mol. The predicted molar refractivity (Wildman–Crippen MR) is 73.0 cm³/mol. The highest BCUT2D eigenvalue weighted by Gasteiger charge is 2.37. The van der Waals surface area contributed by atoms with Crippen molar-refractivity contribution in [3.05, 3.63) is 42.2 Å². The second kappa shape index (κ2) is 4.72. The van der Waals surface area contributed by atoms with Crippen molar-refractivity contribution < 1.29 is 9.53 Å². The highest BCUT2D eigenvalue weighted by Crippen LogP contribution is 2.26. The number of carbonyl (C=O) groups is 1. The average Bonchev–Trinajstić information content (AvgIpc) is 2.47. The third kappa shape index (κ3) is 2.13. The summed E-state index contributed by atoms with van der Waals surface area (Å²) in [5, 5.41) is 1.88. The van der Waals surface area contributed by atoms with Gasteiger partial charge in [-0.3, -0.25) is 9.78 Å². The van der Waals surface area contributed by atoms with Gasteiger partial charge in [-0.25, -0.2) is 0 Å². The molecule has 2 N–H and O–H groups in total. The van der Waals surface area contributed by atoms with Gasteiger partial charge in [-0.05, 0) is 18.2 Å². The Balaban J connectivity index is 2.06. The van der Waals surface area contributed by atoms with E-state index in [9.17, 15) is 4.79 Å². The van der Waals surface area contributed by atoms with Gasteiger partial charge < -0.3 is 10.5 Å². The number of benzene rings is 1. The normalized spacial score (nSPS) is 18.4. The molecule has 4 nitrogen and oxygen atoms in total. The zero-order valence-corrected chi connectivity index (χ0v) is 10.6. The van der Waals surface area contributed by atoms with Gasteiger partial charge >= 0.3 is 0 Å². The molecule has 0 radical (unpaired) electrons. The van der Waals surface area contributed by atoms with E-state index in [0.29, 0.717) is 31.6 Å². The molecule has 0 amide bonds. The Hall–Kier alpha value is -1.78. The van der Waals surface area contributed by atoms with E-state index < -0.39 is 5.54 Å². The minimum Gasteiger partial charge on any atom is -0.381 e. The first-order valence-electron chi connectivity index (χ1n) is 6.45. The summed E-state index contributed by atoms with van der Waals surface area (Å²) >= 11 is 0. The minimum atomic E-state index is -0.815. The standard InChI is InChI=1S/C15H16N2O2/c16-15(5-7-19-8-6-15)14(18)13-10-17-9-11-3-1-2-4-12(11)13/h1-4,9-10H,5-8,16H2. The molecular formula is C15H16N2O2. The SMILES string of the molecule is NC1(C(=O)c2cncc3ccccc23)CCOCC1. The number of ketones is 1. The maximum Gasteiger partial charge on any atom is 0.184 e. The Kier molecular flexibility index (Phi) is 3.05. The first kappa shape index (κ1) is 12.3. The van der Waals surface area contributed by atoms with Crippen LogP contribution in [0.4, 0.5) is 0 Å². The van der Waals surface area contributed by atoms with Gasteiger partial charge in [0.2, 0.25) is 0 Å². The van der Waals surface area contributed by atoms with Crippen LogP contribution in [0.5, 0.6) is 0 Å². The lowest BCUT2D eigenvalue weighted by atomic mass is 9.83. The van der Waals surface area contributed by atoms with Crippen molar-refractivity contribution in [1.29, 1.82) is 0 Å². The second-order valence-corrected chi connectivity index (χ2v) is 5.01. The van der Waals surface area contributed by atoms with Crippen molar-refractivity contribution in [3.63, 3.8) is 0 Å². The maximum absolute atomic E-state index is 12.7. The van der Waals surface area contributed by atoms with E-state index in [1.54, 1.807) is 12.4 Å². The molecule has 2 aromatic rings. The van der Waals surface area contributed by atoms with Crippen molar-refractivity contribution in [2.45, 2.75) is 18.4 Å². The van der Waals surface area contributed by atoms with Crippen LogP contribution in [0.2, 0.25) is 0 Å². The lowest BCUT2D eigenvalue weighted by Gasteiger charge is -2.32. The molecule has 1 aliphatic rings. The molecule has 1 aromatic heterocycles. The first-order valence-corrected chi connectivity index (χ1v) is 6.45. The van der Waals surface area contributed by atoms with Gasteiger partial charge in [0.1, 0.15) is 0 Å². The summed E-state index contributed by atoms with van der Waals surface area (Å²) in [5.74, 6) is -0.0277. The van der Waals surface area contributed by atoms with Crippen LogP contribution in [0.25, 0.3) is 10.8 Å². The van der Waals surface area contributed by atoms with Gasteiger partial charge in [0, 0.05) is 36.6 Å². The molecule has 98 valence electrons. The molecule has 1 saturated heterocycles. The Morgan fingerprint density at radius 1 is 1.21 bits per heavy atom. The van der Waals surface area contributed by atoms with Crippen molar-refractivity contribution >= 4 is 16.6 Å². The number of carbonyl (C=O) groups excluding carboxylic acids is 1. The van der Waals surface area contributed by atoms with Crippen molar-refractivity contribution in [3.8, 4) is 0 Å². The van der Waals surface area contributed by atoms with Crippen LogP contribution in [0, 0.1) is 0 Å². The van der Waals surface area contributed by atoms with Crippen molar-refractivity contribution in [1.82, 2.24) is 4.98 Å². The van der Waals surface area contributed by atoms with E-state index in [1.807, 2.05) is 24.3 Å². The topological polar surface area (TPSA) is 65.2 Å². The fourth-order valence-electron chi connectivity index (χ4n) is 2.53. The molecule has 0 atom stereocenters. The van der Waals surface area contributed by atoms with E-state index in [2.05, 4.69) is 4.98 Å². The lowest BCUT2D eigenvalue weighted by Crippen LogP contribution is -2.52. The van der Waals surface area contributed by atoms with E-state index in [-0.39, 0.29) is 5.78 Å². The quantitative estimate of drug-likeness (QED) is 0.834. The summed E-state index contributed by atoms with van der Waals surface area (Å²) in [4.78, 5) is 16.9. The van der Waals surface area contributed by atoms with E-state index >= 15 is 0 Å². The third-order valence-corrected chi connectivity index (χ3v) is 3.75. The Morgan fingerprint density at radius 2 is 1.95 bits per heavy atom. The molecule has 0 unspecified atom stereocenters. The third-order valence-electron chi connectivity index (χ3n) is 3.75. The Morgan fingerprint density at radius 3 is 2.74 bits per heavy atom. The summed E-state index contributed by atoms with van der Waals surface area (Å²) in [7, 11) is 0. The average molecular weight is 256 g/mol. The minimum absolute atomic E-state index is 0.0277. The zero-order chi connectivity index (χ0) is 13.3. The number of aromatic nitrogens is 1. The van der Waals surface area contributed by atoms with Crippen LogP contribution in [0.15, 0.2) is 36.7 Å². The number of nitrogens with two attached hydrogens (primary N) is 1. The van der Waals surface area contributed by atoms with Crippen molar-refractivity contribution in [2.75, 3.05) is 13.2 Å². The Bertz CT molecular complexity index is 613. The summed E-state index contributed by atoms with van der Waals surface area (Å²) < 4.78 is 5.29. The number of rotatable bonds is 2. The molecule has 0 bridgehead atoms. The fraction of sp³-hybridized carbons (Fsp3) is 0.333. The second-order valence-electron chi connectivity index (χ2n) is 5.01. The van der Waals surface area contributed by atoms with Gasteiger partial charge in [0.15, 0.2) is 5.78 Å². The van der Waals surface area contributed by atoms with Crippen LogP contribution in [-0.4, -0.2) is 29.5 Å². The summed E-state index contributed by atoms with van der Waals surface area (Å²) in [5.41, 5.74) is 6.07. The van der Waals surface area contributed by atoms with Gasteiger partial charge in [0.05, 0.1) is 5.54 Å². The molecule has 0 spiro atoms. The van der Waals surface area contributed by atoms with Gasteiger partial charge in [-0.2, -0.15) is 0 Å². The summed E-state index contributed by atoms with van der Waals surface area (Å²) in [6.45, 7) is 1.08. The fourth-order valence-corrected chi connectivity index (χ4v) is 2.53. The number of nitrogens with zero attached hydrogens (tertiary/aromatic N) is 1. The number of hydrogen-bond acceptors (Lipinski definition) is 4. The van der Waals surface area contributed by atoms with E-state index in [1.165, 1.54) is 0 Å². The monoisotopic (exact) mass is 256 g/mol. The maximum atomic E-state index is 12.7. The molecule has 19 heavy (non-hydrogen) atoms. The molecule has 4 heteroatoms. The number of hydrogen-bond donors (Lipinski definition) is 1. The zero-order valence-electron chi connectivity index (χ0n) is 10.6. The largest absolute Gasteiger partial charge is 0.381 e. The lowest BCUT2D eigenvalue weighted by molar-refractivity contribution is 0.0448. The van der Waals surface area contributed by atoms with Crippen LogP contribution in [0.3, 0.4) is 0 Å². The molecule has 1 aliphatic heterocycles. The van der Waals surface area contributed by atoms with E-state index in [4.69, 9.17) is 10.5 Å². The van der Waals surface area contributed by atoms with Crippen LogP contribution >= 0.6 is 0 Å². The highest BCUT2D eigenvalue weighted by atomic mass is 16.5.